The molecule has 0 fully saturated rings. The quantitative estimate of drug-likeness (QED) is 0.511. The van der Waals surface area contributed by atoms with Gasteiger partial charge >= 0.3 is 0 Å². The van der Waals surface area contributed by atoms with E-state index in [9.17, 15) is 9.59 Å². The zero-order valence-electron chi connectivity index (χ0n) is 14.6. The van der Waals surface area contributed by atoms with Crippen LogP contribution >= 0.6 is 0 Å². The van der Waals surface area contributed by atoms with Crippen molar-refractivity contribution in [3.63, 3.8) is 0 Å². The molecule has 0 radical (unpaired) electrons. The average Bonchev–Trinajstić information content (AvgIpc) is 2.91. The predicted octanol–water partition coefficient (Wildman–Crippen LogP) is 2.78. The molecule has 0 bridgehead atoms. The third-order valence-corrected chi connectivity index (χ3v) is 4.03. The molecule has 0 saturated heterocycles. The maximum Gasteiger partial charge on any atom is 0.261 e. The average molecular weight is 355 g/mol. The molecule has 6 nitrogen and oxygen atoms in total. The van der Waals surface area contributed by atoms with Gasteiger partial charge in [-0.05, 0) is 24.3 Å². The molecule has 2 amide bonds. The van der Waals surface area contributed by atoms with Crippen molar-refractivity contribution in [1.82, 2.24) is 4.90 Å². The van der Waals surface area contributed by atoms with Crippen LogP contribution in [0.4, 0.5) is 0 Å². The summed E-state index contributed by atoms with van der Waals surface area (Å²) in [6.45, 7) is 1.63. The van der Waals surface area contributed by atoms with Crippen molar-refractivity contribution in [2.45, 2.75) is 6.42 Å². The first kappa shape index (κ1) is 17.9. The molecule has 3 rings (SSSR count). The number of fused-ring (bicyclic) bond motifs is 1. The summed E-state index contributed by atoms with van der Waals surface area (Å²) in [5, 5.41) is 0. The second-order valence-corrected chi connectivity index (χ2v) is 5.83. The van der Waals surface area contributed by atoms with Crippen molar-refractivity contribution in [1.29, 1.82) is 0 Å². The van der Waals surface area contributed by atoms with E-state index in [1.165, 1.54) is 4.90 Å². The van der Waals surface area contributed by atoms with E-state index in [-0.39, 0.29) is 25.0 Å². The largest absolute Gasteiger partial charge is 0.493 e. The number of carbonyl (C=O) groups excluding carboxylic acids is 2. The number of ether oxygens (including phenoxy) is 3. The van der Waals surface area contributed by atoms with Crippen LogP contribution in [0.3, 0.4) is 0 Å². The van der Waals surface area contributed by atoms with Crippen molar-refractivity contribution >= 4 is 11.8 Å². The van der Waals surface area contributed by atoms with Crippen molar-refractivity contribution in [2.24, 2.45) is 0 Å². The fourth-order valence-electron chi connectivity index (χ4n) is 2.74. The van der Waals surface area contributed by atoms with Gasteiger partial charge < -0.3 is 14.2 Å². The maximum atomic E-state index is 12.3. The smallest absolute Gasteiger partial charge is 0.261 e. The lowest BCUT2D eigenvalue weighted by Crippen LogP contribution is -2.33. The summed E-state index contributed by atoms with van der Waals surface area (Å²) in [7, 11) is 1.66. The van der Waals surface area contributed by atoms with Crippen molar-refractivity contribution in [3.8, 4) is 11.5 Å². The number of benzene rings is 2. The van der Waals surface area contributed by atoms with Gasteiger partial charge in [-0.2, -0.15) is 0 Å². The van der Waals surface area contributed by atoms with Crippen LogP contribution in [0.5, 0.6) is 11.5 Å². The SMILES string of the molecule is COCCCOc1cccc(OCCN2C(=O)c3ccccc3C2=O)c1. The first-order valence-corrected chi connectivity index (χ1v) is 8.50. The topological polar surface area (TPSA) is 65.1 Å². The van der Waals surface area contributed by atoms with Crippen LogP contribution in [0.2, 0.25) is 0 Å². The number of rotatable bonds is 9. The Balaban J connectivity index is 1.51. The number of nitrogens with zero attached hydrogens (tertiary/aromatic N) is 1. The van der Waals surface area contributed by atoms with E-state index in [4.69, 9.17) is 14.2 Å². The highest BCUT2D eigenvalue weighted by Crippen LogP contribution is 2.23. The molecule has 0 atom stereocenters. The Morgan fingerprint density at radius 3 is 2.04 bits per heavy atom. The Morgan fingerprint density at radius 2 is 1.42 bits per heavy atom. The molecule has 0 aliphatic carbocycles. The fraction of sp³-hybridized carbons (Fsp3) is 0.300. The number of hydrogen-bond donors (Lipinski definition) is 0. The van der Waals surface area contributed by atoms with Gasteiger partial charge in [0.2, 0.25) is 0 Å². The highest BCUT2D eigenvalue weighted by atomic mass is 16.5. The fourth-order valence-corrected chi connectivity index (χ4v) is 2.74. The Labute approximate surface area is 152 Å². The second kappa shape index (κ2) is 8.49. The number of imide groups is 1. The van der Waals surface area contributed by atoms with Gasteiger partial charge in [-0.15, -0.1) is 0 Å². The van der Waals surface area contributed by atoms with Gasteiger partial charge in [0, 0.05) is 26.2 Å². The summed E-state index contributed by atoms with van der Waals surface area (Å²) >= 11 is 0. The lowest BCUT2D eigenvalue weighted by molar-refractivity contribution is 0.0631. The van der Waals surface area contributed by atoms with Crippen LogP contribution in [0, 0.1) is 0 Å². The minimum Gasteiger partial charge on any atom is -0.493 e. The molecule has 26 heavy (non-hydrogen) atoms. The zero-order valence-corrected chi connectivity index (χ0v) is 14.6. The minimum atomic E-state index is -0.274. The monoisotopic (exact) mass is 355 g/mol. The second-order valence-electron chi connectivity index (χ2n) is 5.83. The number of methoxy groups -OCH3 is 1. The van der Waals surface area contributed by atoms with Gasteiger partial charge in [-0.1, -0.05) is 18.2 Å². The van der Waals surface area contributed by atoms with Gasteiger partial charge in [0.1, 0.15) is 18.1 Å². The van der Waals surface area contributed by atoms with E-state index in [0.29, 0.717) is 35.8 Å². The molecular weight excluding hydrogens is 334 g/mol. The summed E-state index contributed by atoms with van der Waals surface area (Å²) in [6, 6.07) is 14.1. The molecule has 0 spiro atoms. The molecule has 0 aromatic heterocycles. The lowest BCUT2D eigenvalue weighted by Gasteiger charge is -2.15. The Bertz CT molecular complexity index is 754. The van der Waals surface area contributed by atoms with Crippen LogP contribution in [0.25, 0.3) is 0 Å². The van der Waals surface area contributed by atoms with Crippen LogP contribution in [-0.4, -0.2) is 50.2 Å². The van der Waals surface area contributed by atoms with E-state index in [0.717, 1.165) is 6.42 Å². The van der Waals surface area contributed by atoms with Crippen LogP contribution in [0.15, 0.2) is 48.5 Å². The van der Waals surface area contributed by atoms with Crippen LogP contribution in [0.1, 0.15) is 27.1 Å². The Kier molecular flexibility index (Phi) is 5.86. The molecule has 6 heteroatoms. The first-order valence-electron chi connectivity index (χ1n) is 8.50. The van der Waals surface area contributed by atoms with Gasteiger partial charge in [-0.25, -0.2) is 0 Å². The Morgan fingerprint density at radius 1 is 0.808 bits per heavy atom. The third-order valence-electron chi connectivity index (χ3n) is 4.03. The van der Waals surface area contributed by atoms with Gasteiger partial charge in [0.15, 0.2) is 0 Å². The number of hydrogen-bond acceptors (Lipinski definition) is 5. The van der Waals surface area contributed by atoms with Crippen molar-refractivity contribution < 1.29 is 23.8 Å². The van der Waals surface area contributed by atoms with E-state index in [1.807, 2.05) is 18.2 Å². The van der Waals surface area contributed by atoms with Gasteiger partial charge in [0.05, 0.1) is 24.3 Å². The standard InChI is InChI=1S/C20H21NO5/c1-24-11-5-12-25-15-6-4-7-16(14-15)26-13-10-21-19(22)17-8-2-3-9-18(17)20(21)23/h2-4,6-9,14H,5,10-13H2,1H3. The molecule has 136 valence electrons. The molecule has 0 saturated carbocycles. The molecule has 2 aromatic carbocycles. The summed E-state index contributed by atoms with van der Waals surface area (Å²) in [4.78, 5) is 25.8. The van der Waals surface area contributed by atoms with Crippen LogP contribution < -0.4 is 9.47 Å². The maximum absolute atomic E-state index is 12.3. The number of carbonyl (C=O) groups is 2. The summed E-state index contributed by atoms with van der Waals surface area (Å²) in [5.41, 5.74) is 0.896. The molecule has 0 N–H and O–H groups in total. The summed E-state index contributed by atoms with van der Waals surface area (Å²) in [5.74, 6) is 0.791. The summed E-state index contributed by atoms with van der Waals surface area (Å²) < 4.78 is 16.3. The van der Waals surface area contributed by atoms with E-state index in [1.54, 1.807) is 37.4 Å². The van der Waals surface area contributed by atoms with Crippen molar-refractivity contribution in [3.05, 3.63) is 59.7 Å². The highest BCUT2D eigenvalue weighted by molar-refractivity contribution is 6.21. The normalized spacial score (nSPS) is 13.0. The lowest BCUT2D eigenvalue weighted by atomic mass is 10.1. The number of amides is 2. The first-order chi connectivity index (χ1) is 12.7. The highest BCUT2D eigenvalue weighted by Gasteiger charge is 2.34. The molecule has 1 heterocycles. The van der Waals surface area contributed by atoms with Gasteiger partial charge in [0.25, 0.3) is 11.8 Å². The predicted molar refractivity (Wildman–Crippen MR) is 95.7 cm³/mol. The van der Waals surface area contributed by atoms with Gasteiger partial charge in [-0.3, -0.25) is 14.5 Å². The summed E-state index contributed by atoms with van der Waals surface area (Å²) in [6.07, 6.45) is 0.807. The van der Waals surface area contributed by atoms with Crippen molar-refractivity contribution in [2.75, 3.05) is 33.5 Å². The molecule has 1 aliphatic heterocycles. The Hall–Kier alpha value is -2.86. The molecule has 1 aliphatic rings. The molecule has 0 unspecified atom stereocenters. The molecular formula is C20H21NO5. The minimum absolute atomic E-state index is 0.200. The zero-order chi connectivity index (χ0) is 18.4. The van der Waals surface area contributed by atoms with E-state index in [2.05, 4.69) is 0 Å². The van der Waals surface area contributed by atoms with Crippen LogP contribution in [-0.2, 0) is 4.74 Å². The molecule has 2 aromatic rings. The van der Waals surface area contributed by atoms with E-state index >= 15 is 0 Å². The third kappa shape index (κ3) is 4.03. The van der Waals surface area contributed by atoms with E-state index < -0.39 is 0 Å².